The van der Waals surface area contributed by atoms with Crippen LogP contribution in [-0.4, -0.2) is 51.2 Å². The Bertz CT molecular complexity index is 712. The Hall–Kier alpha value is -1.93. The summed E-state index contributed by atoms with van der Waals surface area (Å²) in [6.07, 6.45) is -7.09. The van der Waals surface area contributed by atoms with Crippen molar-refractivity contribution in [2.45, 2.75) is 31.2 Å². The molecule has 1 fully saturated rings. The topological polar surface area (TPSA) is 46.9 Å². The highest BCUT2D eigenvalue weighted by Gasteiger charge is 2.65. The van der Waals surface area contributed by atoms with Crippen LogP contribution in [0.3, 0.4) is 0 Å². The highest BCUT2D eigenvalue weighted by atomic mass is 19.4. The van der Waals surface area contributed by atoms with Gasteiger partial charge in [0.1, 0.15) is 0 Å². The Labute approximate surface area is 150 Å². The van der Waals surface area contributed by atoms with E-state index < -0.39 is 18.1 Å². The largest absolute Gasteiger partial charge is 0.435 e. The van der Waals surface area contributed by atoms with Crippen LogP contribution in [0.1, 0.15) is 11.1 Å². The third kappa shape index (κ3) is 3.61. The number of hydrogen-bond donors (Lipinski definition) is 2. The monoisotopic (exact) mass is 366 g/mol. The number of piperazine rings is 1. The van der Waals surface area contributed by atoms with Crippen molar-refractivity contribution < 1.29 is 23.4 Å². The molecule has 1 heterocycles. The van der Waals surface area contributed by atoms with Gasteiger partial charge >= 0.3 is 6.18 Å². The number of aliphatic hydroxyl groups is 2. The van der Waals surface area contributed by atoms with E-state index in [9.17, 15) is 23.4 Å². The van der Waals surface area contributed by atoms with Gasteiger partial charge in [-0.05, 0) is 11.1 Å². The number of hydrogen-bond acceptors (Lipinski definition) is 4. The van der Waals surface area contributed by atoms with Gasteiger partial charge in [0.05, 0.1) is 0 Å². The number of benzene rings is 2. The summed E-state index contributed by atoms with van der Waals surface area (Å²) in [5.74, 6) is 0. The van der Waals surface area contributed by atoms with Gasteiger partial charge in [0.25, 0.3) is 5.72 Å². The molecule has 1 aliphatic rings. The van der Waals surface area contributed by atoms with Crippen molar-refractivity contribution in [3.63, 3.8) is 0 Å². The molecule has 0 amide bonds. The SMILES string of the molecule is OC1N(Cc2ccccc2)CCN(Cc2ccccc2)C1(O)C(F)(F)F. The summed E-state index contributed by atoms with van der Waals surface area (Å²) >= 11 is 0. The fourth-order valence-corrected chi connectivity index (χ4v) is 3.27. The summed E-state index contributed by atoms with van der Waals surface area (Å²) < 4.78 is 41.3. The number of halogens is 3. The number of rotatable bonds is 4. The molecule has 7 heteroatoms. The molecule has 2 atom stereocenters. The first-order valence-electron chi connectivity index (χ1n) is 8.36. The third-order valence-corrected chi connectivity index (χ3v) is 4.71. The Morgan fingerprint density at radius 2 is 1.38 bits per heavy atom. The van der Waals surface area contributed by atoms with Crippen LogP contribution in [-0.2, 0) is 13.1 Å². The molecule has 1 saturated heterocycles. The molecule has 1 aliphatic heterocycles. The Morgan fingerprint density at radius 1 is 0.885 bits per heavy atom. The number of aliphatic hydroxyl groups excluding tert-OH is 1. The Kier molecular flexibility index (Phi) is 5.34. The molecule has 0 spiro atoms. The van der Waals surface area contributed by atoms with Gasteiger partial charge in [-0.3, -0.25) is 9.80 Å². The minimum atomic E-state index is -5.00. The van der Waals surface area contributed by atoms with E-state index in [0.717, 1.165) is 10.5 Å². The van der Waals surface area contributed by atoms with E-state index in [-0.39, 0.29) is 26.2 Å². The molecular weight excluding hydrogens is 345 g/mol. The molecular formula is C19H21F3N2O2. The van der Waals surface area contributed by atoms with E-state index in [1.807, 2.05) is 6.07 Å². The van der Waals surface area contributed by atoms with Gasteiger partial charge in [0.15, 0.2) is 6.23 Å². The zero-order chi connectivity index (χ0) is 18.8. The molecule has 0 saturated carbocycles. The number of nitrogens with zero attached hydrogens (tertiary/aromatic N) is 2. The van der Waals surface area contributed by atoms with Gasteiger partial charge in [0.2, 0.25) is 0 Å². The Balaban J connectivity index is 1.85. The smallest absolute Gasteiger partial charge is 0.373 e. The van der Waals surface area contributed by atoms with Crippen molar-refractivity contribution in [2.75, 3.05) is 13.1 Å². The van der Waals surface area contributed by atoms with Crippen LogP contribution in [0, 0.1) is 0 Å². The first-order chi connectivity index (χ1) is 12.3. The van der Waals surface area contributed by atoms with Crippen LogP contribution in [0.2, 0.25) is 0 Å². The van der Waals surface area contributed by atoms with Gasteiger partial charge in [-0.15, -0.1) is 0 Å². The molecule has 0 radical (unpaired) electrons. The Morgan fingerprint density at radius 3 is 1.88 bits per heavy atom. The van der Waals surface area contributed by atoms with E-state index in [0.29, 0.717) is 5.56 Å². The minimum absolute atomic E-state index is 0.0190. The molecule has 140 valence electrons. The average molecular weight is 366 g/mol. The summed E-state index contributed by atoms with van der Waals surface area (Å²) in [6, 6.07) is 17.5. The van der Waals surface area contributed by atoms with E-state index in [4.69, 9.17) is 0 Å². The lowest BCUT2D eigenvalue weighted by atomic mass is 10.0. The number of alkyl halides is 3. The highest BCUT2D eigenvalue weighted by Crippen LogP contribution is 2.40. The van der Waals surface area contributed by atoms with Crippen LogP contribution in [0.25, 0.3) is 0 Å². The molecule has 2 unspecified atom stereocenters. The van der Waals surface area contributed by atoms with E-state index >= 15 is 0 Å². The zero-order valence-electron chi connectivity index (χ0n) is 14.1. The van der Waals surface area contributed by atoms with Crippen molar-refractivity contribution in [1.82, 2.24) is 9.80 Å². The van der Waals surface area contributed by atoms with Crippen LogP contribution < -0.4 is 0 Å². The third-order valence-electron chi connectivity index (χ3n) is 4.71. The molecule has 2 aromatic carbocycles. The van der Waals surface area contributed by atoms with Crippen molar-refractivity contribution in [2.24, 2.45) is 0 Å². The lowest BCUT2D eigenvalue weighted by molar-refractivity contribution is -0.380. The van der Waals surface area contributed by atoms with Gasteiger partial charge in [-0.2, -0.15) is 13.2 Å². The molecule has 0 aromatic heterocycles. The van der Waals surface area contributed by atoms with E-state index in [2.05, 4.69) is 0 Å². The fourth-order valence-electron chi connectivity index (χ4n) is 3.27. The second-order valence-electron chi connectivity index (χ2n) is 6.46. The average Bonchev–Trinajstić information content (AvgIpc) is 2.62. The summed E-state index contributed by atoms with van der Waals surface area (Å²) in [6.45, 7) is 0.211. The summed E-state index contributed by atoms with van der Waals surface area (Å²) in [7, 11) is 0. The maximum atomic E-state index is 13.8. The van der Waals surface area contributed by atoms with Crippen LogP contribution in [0.5, 0.6) is 0 Å². The summed E-state index contributed by atoms with van der Waals surface area (Å²) in [5.41, 5.74) is -1.93. The van der Waals surface area contributed by atoms with Crippen LogP contribution in [0.15, 0.2) is 60.7 Å². The minimum Gasteiger partial charge on any atom is -0.373 e. The second kappa shape index (κ2) is 7.36. The molecule has 2 N–H and O–H groups in total. The second-order valence-corrected chi connectivity index (χ2v) is 6.46. The molecule has 0 aliphatic carbocycles. The first kappa shape index (κ1) is 18.8. The predicted molar refractivity (Wildman–Crippen MR) is 90.7 cm³/mol. The van der Waals surface area contributed by atoms with Crippen molar-refractivity contribution in [3.8, 4) is 0 Å². The molecule has 0 bridgehead atoms. The molecule has 26 heavy (non-hydrogen) atoms. The quantitative estimate of drug-likeness (QED) is 0.873. The summed E-state index contributed by atoms with van der Waals surface area (Å²) in [4.78, 5) is 2.15. The zero-order valence-corrected chi connectivity index (χ0v) is 14.1. The predicted octanol–water partition coefficient (Wildman–Crippen LogP) is 2.57. The van der Waals surface area contributed by atoms with E-state index in [1.54, 1.807) is 54.6 Å². The van der Waals surface area contributed by atoms with Gasteiger partial charge in [0, 0.05) is 26.2 Å². The van der Waals surface area contributed by atoms with Gasteiger partial charge in [-0.25, -0.2) is 0 Å². The van der Waals surface area contributed by atoms with Crippen LogP contribution >= 0.6 is 0 Å². The van der Waals surface area contributed by atoms with Crippen molar-refractivity contribution >= 4 is 0 Å². The van der Waals surface area contributed by atoms with Crippen molar-refractivity contribution in [1.29, 1.82) is 0 Å². The first-order valence-corrected chi connectivity index (χ1v) is 8.36. The lowest BCUT2D eigenvalue weighted by Gasteiger charge is -2.51. The standard InChI is InChI=1S/C19H21F3N2O2/c20-19(21,22)18(26)17(25)23(13-15-7-3-1-4-8-15)11-12-24(18)14-16-9-5-2-6-10-16/h1-10,17,25-26H,11-14H2. The van der Waals surface area contributed by atoms with Crippen LogP contribution in [0.4, 0.5) is 13.2 Å². The summed E-state index contributed by atoms with van der Waals surface area (Å²) in [5, 5.41) is 21.0. The lowest BCUT2D eigenvalue weighted by Crippen LogP contribution is -2.73. The highest BCUT2D eigenvalue weighted by molar-refractivity contribution is 5.17. The normalized spacial score (nSPS) is 25.3. The van der Waals surface area contributed by atoms with Gasteiger partial charge < -0.3 is 10.2 Å². The maximum absolute atomic E-state index is 13.8. The molecule has 3 rings (SSSR count). The van der Waals surface area contributed by atoms with Crippen molar-refractivity contribution in [3.05, 3.63) is 71.8 Å². The molecule has 4 nitrogen and oxygen atoms in total. The maximum Gasteiger partial charge on any atom is 0.435 e. The fraction of sp³-hybridized carbons (Fsp3) is 0.368. The van der Waals surface area contributed by atoms with E-state index in [1.165, 1.54) is 4.90 Å². The molecule has 2 aromatic rings. The van der Waals surface area contributed by atoms with Gasteiger partial charge in [-0.1, -0.05) is 60.7 Å².